The number of amides is 4. The molecule has 3 rings (SSSR count). The van der Waals surface area contributed by atoms with Crippen molar-refractivity contribution in [3.8, 4) is 0 Å². The molecule has 2 N–H and O–H groups in total. The van der Waals surface area contributed by atoms with Gasteiger partial charge in [0.05, 0.1) is 28.9 Å². The molecule has 0 bridgehead atoms. The summed E-state index contributed by atoms with van der Waals surface area (Å²) in [6.07, 6.45) is 1.13. The molecule has 2 aliphatic rings. The molecule has 1 atom stereocenters. The third-order valence-corrected chi connectivity index (χ3v) is 5.66. The quantitative estimate of drug-likeness (QED) is 0.550. The minimum absolute atomic E-state index is 0.0887. The maximum atomic E-state index is 13.2. The van der Waals surface area contributed by atoms with E-state index in [4.69, 9.17) is 4.74 Å². The lowest BCUT2D eigenvalue weighted by Crippen LogP contribution is -2.54. The standard InChI is InChI=1S/C24H33N3O5.C2H6/c1-14(2)12-24(5,6)32-13-23(3,4)26-16-9-7-8-15-19(16)22(31)27(21(15)30)17-10-11-18(28)25-20(17)29;1-2/h7-9,14,17,26H,10-13H2,1-6H3,(H,25,28,29);1-2H3. The second-order valence-corrected chi connectivity index (χ2v) is 10.3. The van der Waals surface area contributed by atoms with Crippen LogP contribution in [0.3, 0.4) is 0 Å². The summed E-state index contributed by atoms with van der Waals surface area (Å²) in [5, 5.41) is 5.57. The zero-order valence-electron chi connectivity index (χ0n) is 21.7. The fraction of sp³-hybridized carbons (Fsp3) is 0.615. The number of carbonyl (C=O) groups is 4. The van der Waals surface area contributed by atoms with E-state index in [1.165, 1.54) is 0 Å². The van der Waals surface area contributed by atoms with E-state index in [9.17, 15) is 19.2 Å². The number of nitrogens with one attached hydrogen (secondary N) is 2. The van der Waals surface area contributed by atoms with Crippen molar-refractivity contribution in [3.63, 3.8) is 0 Å². The van der Waals surface area contributed by atoms with Crippen LogP contribution in [0.5, 0.6) is 0 Å². The highest BCUT2D eigenvalue weighted by molar-refractivity contribution is 6.25. The van der Waals surface area contributed by atoms with Crippen molar-refractivity contribution in [2.75, 3.05) is 11.9 Å². The molecule has 34 heavy (non-hydrogen) atoms. The summed E-state index contributed by atoms with van der Waals surface area (Å²) in [4.78, 5) is 51.0. The van der Waals surface area contributed by atoms with Crippen molar-refractivity contribution in [1.29, 1.82) is 0 Å². The van der Waals surface area contributed by atoms with Crippen molar-refractivity contribution in [2.24, 2.45) is 5.92 Å². The Balaban J connectivity index is 0.00000199. The first-order valence-corrected chi connectivity index (χ1v) is 12.1. The number of rotatable bonds is 8. The lowest BCUT2D eigenvalue weighted by molar-refractivity contribution is -0.136. The largest absolute Gasteiger partial charge is 0.377 e. The van der Waals surface area contributed by atoms with Crippen LogP contribution < -0.4 is 10.6 Å². The molecular formula is C26H39N3O5. The summed E-state index contributed by atoms with van der Waals surface area (Å²) in [7, 11) is 0. The first-order chi connectivity index (χ1) is 15.8. The van der Waals surface area contributed by atoms with Crippen LogP contribution in [0.15, 0.2) is 18.2 Å². The Labute approximate surface area is 202 Å². The Bertz CT molecular complexity index is 952. The molecule has 188 valence electrons. The highest BCUT2D eigenvalue weighted by Gasteiger charge is 2.46. The van der Waals surface area contributed by atoms with E-state index < -0.39 is 35.2 Å². The minimum Gasteiger partial charge on any atom is -0.377 e. The third-order valence-electron chi connectivity index (χ3n) is 5.66. The molecule has 2 aliphatic heterocycles. The highest BCUT2D eigenvalue weighted by Crippen LogP contribution is 2.34. The SMILES string of the molecule is CC.CC(C)CC(C)(C)OCC(C)(C)Nc1cccc2c1C(=O)N(C1CCC(=O)NC1=O)C2=O. The third kappa shape index (κ3) is 6.23. The number of benzene rings is 1. The van der Waals surface area contributed by atoms with Crippen LogP contribution in [0.4, 0.5) is 5.69 Å². The molecule has 0 spiro atoms. The predicted molar refractivity (Wildman–Crippen MR) is 132 cm³/mol. The second kappa shape index (κ2) is 10.7. The minimum atomic E-state index is -0.985. The molecule has 1 saturated heterocycles. The maximum Gasteiger partial charge on any atom is 0.264 e. The van der Waals surface area contributed by atoms with E-state index in [0.29, 0.717) is 18.2 Å². The van der Waals surface area contributed by atoms with Crippen molar-refractivity contribution in [2.45, 2.75) is 91.8 Å². The topological polar surface area (TPSA) is 105 Å². The van der Waals surface area contributed by atoms with Gasteiger partial charge in [0.2, 0.25) is 11.8 Å². The van der Waals surface area contributed by atoms with Crippen LogP contribution in [0, 0.1) is 5.92 Å². The van der Waals surface area contributed by atoms with Crippen LogP contribution in [0.25, 0.3) is 0 Å². The van der Waals surface area contributed by atoms with Gasteiger partial charge in [0.1, 0.15) is 6.04 Å². The van der Waals surface area contributed by atoms with Gasteiger partial charge in [-0.15, -0.1) is 0 Å². The predicted octanol–water partition coefficient (Wildman–Crippen LogP) is 4.15. The van der Waals surface area contributed by atoms with Crippen LogP contribution in [0.2, 0.25) is 0 Å². The average Bonchev–Trinajstić information content (AvgIpc) is 2.99. The van der Waals surface area contributed by atoms with E-state index >= 15 is 0 Å². The normalized spacial score (nSPS) is 18.5. The summed E-state index contributed by atoms with van der Waals surface area (Å²) in [6, 6.07) is 4.06. The molecule has 1 unspecified atom stereocenters. The van der Waals surface area contributed by atoms with Crippen molar-refractivity contribution >= 4 is 29.3 Å². The first kappa shape index (κ1) is 27.5. The van der Waals surface area contributed by atoms with E-state index in [-0.39, 0.29) is 29.6 Å². The summed E-state index contributed by atoms with van der Waals surface area (Å²) in [6.45, 7) is 16.8. The van der Waals surface area contributed by atoms with Crippen LogP contribution in [0.1, 0.15) is 95.4 Å². The van der Waals surface area contributed by atoms with E-state index in [0.717, 1.165) is 11.3 Å². The van der Waals surface area contributed by atoms with Crippen LogP contribution in [-0.4, -0.2) is 52.3 Å². The van der Waals surface area contributed by atoms with Gasteiger partial charge in [-0.1, -0.05) is 33.8 Å². The van der Waals surface area contributed by atoms with Gasteiger partial charge in [-0.05, 0) is 58.6 Å². The zero-order chi connectivity index (χ0) is 25.8. The number of ether oxygens (including phenoxy) is 1. The zero-order valence-corrected chi connectivity index (χ0v) is 21.7. The Morgan fingerprint density at radius 2 is 1.74 bits per heavy atom. The lowest BCUT2D eigenvalue weighted by atomic mass is 9.95. The summed E-state index contributed by atoms with van der Waals surface area (Å²) < 4.78 is 6.18. The Hall–Kier alpha value is -2.74. The summed E-state index contributed by atoms with van der Waals surface area (Å²) in [5.41, 5.74) is 0.207. The number of anilines is 1. The summed E-state index contributed by atoms with van der Waals surface area (Å²) in [5.74, 6) is -1.56. The van der Waals surface area contributed by atoms with Crippen molar-refractivity contribution in [3.05, 3.63) is 29.3 Å². The van der Waals surface area contributed by atoms with Crippen molar-refractivity contribution in [1.82, 2.24) is 10.2 Å². The molecule has 0 aliphatic carbocycles. The van der Waals surface area contributed by atoms with Gasteiger partial charge in [0.15, 0.2) is 0 Å². The summed E-state index contributed by atoms with van der Waals surface area (Å²) >= 11 is 0. The Kier molecular flexibility index (Phi) is 8.64. The van der Waals surface area contributed by atoms with E-state index in [2.05, 4.69) is 38.3 Å². The number of hydrogen-bond donors (Lipinski definition) is 2. The number of piperidine rings is 1. The van der Waals surface area contributed by atoms with Crippen LogP contribution in [-0.2, 0) is 14.3 Å². The molecule has 1 fully saturated rings. The average molecular weight is 474 g/mol. The molecule has 1 aromatic carbocycles. The molecule has 1 aromatic rings. The number of carbonyl (C=O) groups excluding carboxylic acids is 4. The highest BCUT2D eigenvalue weighted by atomic mass is 16.5. The lowest BCUT2D eigenvalue weighted by Gasteiger charge is -2.34. The fourth-order valence-electron chi connectivity index (χ4n) is 4.44. The molecule has 8 heteroatoms. The monoisotopic (exact) mass is 473 g/mol. The molecule has 2 heterocycles. The number of hydrogen-bond acceptors (Lipinski definition) is 6. The van der Waals surface area contributed by atoms with Crippen molar-refractivity contribution < 1.29 is 23.9 Å². The fourth-order valence-corrected chi connectivity index (χ4v) is 4.44. The Morgan fingerprint density at radius 3 is 2.32 bits per heavy atom. The van der Waals surface area contributed by atoms with Gasteiger partial charge >= 0.3 is 0 Å². The molecule has 0 aromatic heterocycles. The Morgan fingerprint density at radius 1 is 1.09 bits per heavy atom. The number of nitrogens with zero attached hydrogens (tertiary/aromatic N) is 1. The molecular weight excluding hydrogens is 434 g/mol. The van der Waals surface area contributed by atoms with Gasteiger partial charge in [0.25, 0.3) is 11.8 Å². The second-order valence-electron chi connectivity index (χ2n) is 10.3. The maximum absolute atomic E-state index is 13.2. The van der Waals surface area contributed by atoms with Gasteiger partial charge in [0, 0.05) is 12.1 Å². The number of fused-ring (bicyclic) bond motifs is 1. The van der Waals surface area contributed by atoms with Gasteiger partial charge in [-0.3, -0.25) is 29.4 Å². The molecule has 0 radical (unpaired) electrons. The molecule has 0 saturated carbocycles. The molecule has 4 amide bonds. The smallest absolute Gasteiger partial charge is 0.264 e. The van der Waals surface area contributed by atoms with Gasteiger partial charge < -0.3 is 10.1 Å². The van der Waals surface area contributed by atoms with Gasteiger partial charge in [-0.2, -0.15) is 0 Å². The van der Waals surface area contributed by atoms with Gasteiger partial charge in [-0.25, -0.2) is 0 Å². The molecule has 8 nitrogen and oxygen atoms in total. The first-order valence-electron chi connectivity index (χ1n) is 12.1. The van der Waals surface area contributed by atoms with E-state index in [1.807, 2.05) is 27.7 Å². The van der Waals surface area contributed by atoms with Crippen LogP contribution >= 0.6 is 0 Å². The number of imide groups is 2. The van der Waals surface area contributed by atoms with E-state index in [1.54, 1.807) is 18.2 Å².